The van der Waals surface area contributed by atoms with Crippen molar-refractivity contribution in [3.63, 3.8) is 0 Å². The highest BCUT2D eigenvalue weighted by Crippen LogP contribution is 2.08. The Morgan fingerprint density at radius 2 is 2.45 bits per heavy atom. The Morgan fingerprint density at radius 3 is 2.73 bits per heavy atom. The lowest BCUT2D eigenvalue weighted by Crippen LogP contribution is -1.99. The summed E-state index contributed by atoms with van der Waals surface area (Å²) in [5.74, 6) is -2.11. The molecule has 4 nitrogen and oxygen atoms in total. The third-order valence-electron chi connectivity index (χ3n) is 1.33. The van der Waals surface area contributed by atoms with Crippen molar-refractivity contribution in [1.29, 1.82) is 0 Å². The molecule has 0 bridgehead atoms. The number of halogens is 1. The van der Waals surface area contributed by atoms with Crippen LogP contribution in [0.15, 0.2) is 0 Å². The maximum absolute atomic E-state index is 12.8. The first-order valence-corrected chi connectivity index (χ1v) is 3.12. The average Bonchev–Trinajstić information content (AvgIpc) is 2.30. The number of hydrogen-bond acceptors (Lipinski definition) is 2. The minimum atomic E-state index is -1.35. The van der Waals surface area contributed by atoms with Crippen LogP contribution in [0.2, 0.25) is 0 Å². The van der Waals surface area contributed by atoms with Gasteiger partial charge in [0.25, 0.3) is 0 Å². The summed E-state index contributed by atoms with van der Waals surface area (Å²) in [5.41, 5.74) is -0.316. The standard InChI is InChI=1S/C6H7FN2O2/c1-2-3-4(7)5(6(10)11)9-8-3/h2H2,1H3,(H,8,9)(H,10,11). The van der Waals surface area contributed by atoms with E-state index < -0.39 is 17.5 Å². The molecule has 0 spiro atoms. The molecule has 1 aromatic rings. The number of aromatic nitrogens is 2. The van der Waals surface area contributed by atoms with E-state index in [-0.39, 0.29) is 5.69 Å². The van der Waals surface area contributed by atoms with Crippen LogP contribution in [0.3, 0.4) is 0 Å². The van der Waals surface area contributed by atoms with Crippen LogP contribution in [-0.4, -0.2) is 21.3 Å². The van der Waals surface area contributed by atoms with Crippen molar-refractivity contribution in [1.82, 2.24) is 10.2 Å². The predicted octanol–water partition coefficient (Wildman–Crippen LogP) is 0.809. The quantitative estimate of drug-likeness (QED) is 0.669. The first kappa shape index (κ1) is 7.71. The van der Waals surface area contributed by atoms with E-state index in [4.69, 9.17) is 5.11 Å². The van der Waals surface area contributed by atoms with Crippen LogP contribution in [0.1, 0.15) is 23.1 Å². The number of aryl methyl sites for hydroxylation is 1. The summed E-state index contributed by atoms with van der Waals surface area (Å²) in [6.07, 6.45) is 0.409. The summed E-state index contributed by atoms with van der Waals surface area (Å²) < 4.78 is 12.8. The van der Waals surface area contributed by atoms with Gasteiger partial charge in [-0.2, -0.15) is 5.10 Å². The average molecular weight is 158 g/mol. The van der Waals surface area contributed by atoms with Gasteiger partial charge in [-0.15, -0.1) is 0 Å². The highest BCUT2D eigenvalue weighted by Gasteiger charge is 2.16. The number of rotatable bonds is 2. The second-order valence-electron chi connectivity index (χ2n) is 2.02. The minimum Gasteiger partial charge on any atom is -0.476 e. The van der Waals surface area contributed by atoms with E-state index in [1.54, 1.807) is 6.92 Å². The molecule has 60 valence electrons. The molecule has 5 heteroatoms. The molecular formula is C6H7FN2O2. The van der Waals surface area contributed by atoms with E-state index in [0.29, 0.717) is 6.42 Å². The highest BCUT2D eigenvalue weighted by atomic mass is 19.1. The molecule has 0 saturated heterocycles. The van der Waals surface area contributed by atoms with Crippen LogP contribution in [0.25, 0.3) is 0 Å². The molecule has 0 saturated carbocycles. The molecule has 11 heavy (non-hydrogen) atoms. The van der Waals surface area contributed by atoms with E-state index in [9.17, 15) is 9.18 Å². The van der Waals surface area contributed by atoms with Crippen molar-refractivity contribution in [2.24, 2.45) is 0 Å². The number of carbonyl (C=O) groups is 1. The minimum absolute atomic E-state index is 0.224. The summed E-state index contributed by atoms with van der Waals surface area (Å²) in [7, 11) is 0. The van der Waals surface area contributed by atoms with Crippen molar-refractivity contribution in [3.8, 4) is 0 Å². The molecule has 0 unspecified atom stereocenters. The molecule has 0 aromatic carbocycles. The Bertz CT molecular complexity index is 282. The van der Waals surface area contributed by atoms with Gasteiger partial charge in [-0.3, -0.25) is 5.10 Å². The number of aromatic amines is 1. The summed E-state index contributed by atoms with van der Waals surface area (Å²) in [4.78, 5) is 10.2. The summed E-state index contributed by atoms with van der Waals surface area (Å²) in [6, 6.07) is 0. The number of aromatic carboxylic acids is 1. The van der Waals surface area contributed by atoms with Crippen molar-refractivity contribution >= 4 is 5.97 Å². The number of carboxylic acids is 1. The Labute approximate surface area is 62.0 Å². The number of carboxylic acid groups (broad SMARTS) is 1. The zero-order chi connectivity index (χ0) is 8.43. The van der Waals surface area contributed by atoms with E-state index >= 15 is 0 Å². The zero-order valence-corrected chi connectivity index (χ0v) is 5.89. The van der Waals surface area contributed by atoms with Gasteiger partial charge in [0.15, 0.2) is 5.82 Å². The fourth-order valence-electron chi connectivity index (χ4n) is 0.740. The fourth-order valence-corrected chi connectivity index (χ4v) is 0.740. The Hall–Kier alpha value is -1.39. The lowest BCUT2D eigenvalue weighted by atomic mass is 10.3. The van der Waals surface area contributed by atoms with Gasteiger partial charge in [-0.1, -0.05) is 6.92 Å². The SMILES string of the molecule is CCc1[nH]nc(C(=O)O)c1F. The van der Waals surface area contributed by atoms with Gasteiger partial charge in [-0.05, 0) is 6.42 Å². The van der Waals surface area contributed by atoms with E-state index in [2.05, 4.69) is 10.2 Å². The maximum Gasteiger partial charge on any atom is 0.359 e. The van der Waals surface area contributed by atoms with Gasteiger partial charge in [0, 0.05) is 0 Å². The number of hydrogen-bond donors (Lipinski definition) is 2. The van der Waals surface area contributed by atoms with Crippen molar-refractivity contribution < 1.29 is 14.3 Å². The third-order valence-corrected chi connectivity index (χ3v) is 1.33. The first-order chi connectivity index (χ1) is 5.16. The Kier molecular flexibility index (Phi) is 1.89. The van der Waals surface area contributed by atoms with Crippen LogP contribution >= 0.6 is 0 Å². The van der Waals surface area contributed by atoms with Crippen LogP contribution in [-0.2, 0) is 6.42 Å². The molecule has 1 rings (SSSR count). The van der Waals surface area contributed by atoms with E-state index in [0.717, 1.165) is 0 Å². The first-order valence-electron chi connectivity index (χ1n) is 3.12. The second kappa shape index (κ2) is 2.69. The highest BCUT2D eigenvalue weighted by molar-refractivity contribution is 5.85. The molecule has 0 fully saturated rings. The molecule has 0 radical (unpaired) electrons. The number of nitrogens with one attached hydrogen (secondary N) is 1. The van der Waals surface area contributed by atoms with E-state index in [1.807, 2.05) is 0 Å². The van der Waals surface area contributed by atoms with Crippen LogP contribution < -0.4 is 0 Å². The van der Waals surface area contributed by atoms with Crippen LogP contribution in [0, 0.1) is 5.82 Å². The molecule has 0 amide bonds. The smallest absolute Gasteiger partial charge is 0.359 e. The number of H-pyrrole nitrogens is 1. The molecule has 0 aliphatic heterocycles. The second-order valence-corrected chi connectivity index (χ2v) is 2.02. The van der Waals surface area contributed by atoms with Crippen molar-refractivity contribution in [3.05, 3.63) is 17.2 Å². The monoisotopic (exact) mass is 158 g/mol. The van der Waals surface area contributed by atoms with Crippen molar-refractivity contribution in [2.45, 2.75) is 13.3 Å². The zero-order valence-electron chi connectivity index (χ0n) is 5.89. The number of nitrogens with zero attached hydrogens (tertiary/aromatic N) is 1. The van der Waals surface area contributed by atoms with Gasteiger partial charge in [0.2, 0.25) is 5.69 Å². The topological polar surface area (TPSA) is 66.0 Å². The van der Waals surface area contributed by atoms with Gasteiger partial charge in [0.1, 0.15) is 0 Å². The molecule has 0 aliphatic rings. The van der Waals surface area contributed by atoms with Gasteiger partial charge in [0.05, 0.1) is 5.69 Å². The fraction of sp³-hybridized carbons (Fsp3) is 0.333. The molecule has 1 heterocycles. The van der Waals surface area contributed by atoms with E-state index in [1.165, 1.54) is 0 Å². The summed E-state index contributed by atoms with van der Waals surface area (Å²) in [5, 5.41) is 13.9. The predicted molar refractivity (Wildman–Crippen MR) is 34.9 cm³/mol. The third kappa shape index (κ3) is 1.21. The largest absolute Gasteiger partial charge is 0.476 e. The lowest BCUT2D eigenvalue weighted by molar-refractivity contribution is 0.0685. The Morgan fingerprint density at radius 1 is 1.82 bits per heavy atom. The van der Waals surface area contributed by atoms with Gasteiger partial charge < -0.3 is 5.11 Å². The molecular weight excluding hydrogens is 151 g/mol. The van der Waals surface area contributed by atoms with Gasteiger partial charge in [-0.25, -0.2) is 9.18 Å². The van der Waals surface area contributed by atoms with Crippen LogP contribution in [0.4, 0.5) is 4.39 Å². The molecule has 0 aliphatic carbocycles. The summed E-state index contributed by atoms with van der Waals surface area (Å²) >= 11 is 0. The normalized spacial score (nSPS) is 10.0. The maximum atomic E-state index is 12.8. The van der Waals surface area contributed by atoms with Gasteiger partial charge >= 0.3 is 5.97 Å². The lowest BCUT2D eigenvalue weighted by Gasteiger charge is -1.86. The molecule has 1 aromatic heterocycles. The summed E-state index contributed by atoms with van der Waals surface area (Å²) in [6.45, 7) is 1.71. The van der Waals surface area contributed by atoms with Crippen molar-refractivity contribution in [2.75, 3.05) is 0 Å². The molecule has 0 atom stereocenters. The Balaban J connectivity index is 3.10. The van der Waals surface area contributed by atoms with Crippen LogP contribution in [0.5, 0.6) is 0 Å². The molecule has 2 N–H and O–H groups in total.